The third-order valence-corrected chi connectivity index (χ3v) is 4.68. The van der Waals surface area contributed by atoms with Gasteiger partial charge in [0.2, 0.25) is 0 Å². The van der Waals surface area contributed by atoms with Crippen LogP contribution in [-0.4, -0.2) is 34.3 Å². The molecule has 0 radical (unpaired) electrons. The number of carbonyl (C=O) groups is 1. The second-order valence-electron chi connectivity index (χ2n) is 6.26. The molecule has 5 nitrogen and oxygen atoms in total. The van der Waals surface area contributed by atoms with Crippen molar-refractivity contribution in [3.8, 4) is 5.69 Å². The van der Waals surface area contributed by atoms with E-state index < -0.39 is 23.3 Å². The van der Waals surface area contributed by atoms with E-state index in [0.29, 0.717) is 16.1 Å². The fraction of sp³-hybridized carbons (Fsp3) is 0.412. The Morgan fingerprint density at radius 3 is 2.65 bits per heavy atom. The number of nitrogens with zero attached hydrogens (tertiary/aromatic N) is 2. The molecule has 1 aliphatic rings. The van der Waals surface area contributed by atoms with Crippen molar-refractivity contribution in [3.63, 3.8) is 0 Å². The summed E-state index contributed by atoms with van der Waals surface area (Å²) in [6, 6.07) is 5.53. The van der Waals surface area contributed by atoms with Crippen molar-refractivity contribution in [1.82, 2.24) is 20.4 Å². The maximum atomic E-state index is 13.6. The van der Waals surface area contributed by atoms with Gasteiger partial charge in [-0.2, -0.15) is 18.3 Å². The molecule has 2 unspecified atom stereocenters. The second-order valence-corrected chi connectivity index (χ2v) is 6.69. The molecule has 2 aromatic rings. The van der Waals surface area contributed by atoms with Crippen molar-refractivity contribution in [2.75, 3.05) is 6.54 Å². The first kappa shape index (κ1) is 18.7. The van der Waals surface area contributed by atoms with E-state index in [0.717, 1.165) is 19.2 Å². The van der Waals surface area contributed by atoms with Gasteiger partial charge in [-0.1, -0.05) is 11.6 Å². The SMILES string of the molecule is CC1NCCCC1NC(=O)c1cnn(-c2ccc(Cl)cc2)c1C(F)(F)F. The highest BCUT2D eigenvalue weighted by Gasteiger charge is 2.41. The number of piperidine rings is 1. The molecule has 1 amide bonds. The molecule has 1 aliphatic heterocycles. The van der Waals surface area contributed by atoms with Crippen LogP contribution in [-0.2, 0) is 6.18 Å². The lowest BCUT2D eigenvalue weighted by atomic mass is 9.99. The first-order valence-corrected chi connectivity index (χ1v) is 8.60. The molecule has 2 heterocycles. The summed E-state index contributed by atoms with van der Waals surface area (Å²) in [4.78, 5) is 12.5. The average molecular weight is 387 g/mol. The van der Waals surface area contributed by atoms with Gasteiger partial charge in [-0.15, -0.1) is 0 Å². The van der Waals surface area contributed by atoms with Gasteiger partial charge >= 0.3 is 6.18 Å². The molecular formula is C17H18ClF3N4O. The summed E-state index contributed by atoms with van der Waals surface area (Å²) < 4.78 is 41.6. The van der Waals surface area contributed by atoms with Crippen LogP contribution >= 0.6 is 11.6 Å². The zero-order valence-electron chi connectivity index (χ0n) is 14.0. The zero-order valence-corrected chi connectivity index (χ0v) is 14.7. The zero-order chi connectivity index (χ0) is 18.9. The Labute approximate surface area is 153 Å². The van der Waals surface area contributed by atoms with Crippen LogP contribution in [0, 0.1) is 0 Å². The first-order valence-electron chi connectivity index (χ1n) is 8.23. The Morgan fingerprint density at radius 1 is 1.35 bits per heavy atom. The Balaban J connectivity index is 1.94. The third-order valence-electron chi connectivity index (χ3n) is 4.43. The topological polar surface area (TPSA) is 58.9 Å². The standard InChI is InChI=1S/C17H18ClF3N4O/c1-10-14(3-2-8-22-10)24-16(26)13-9-23-25(15(13)17(19,20)21)12-6-4-11(18)5-7-12/h4-7,9-10,14,22H,2-3,8H2,1H3,(H,24,26). The Bertz CT molecular complexity index is 788. The van der Waals surface area contributed by atoms with Gasteiger partial charge in [0.25, 0.3) is 5.91 Å². The highest BCUT2D eigenvalue weighted by Crippen LogP contribution is 2.34. The minimum Gasteiger partial charge on any atom is -0.348 e. The highest BCUT2D eigenvalue weighted by molar-refractivity contribution is 6.30. The fourth-order valence-electron chi connectivity index (χ4n) is 3.05. The van der Waals surface area contributed by atoms with Gasteiger partial charge in [-0.25, -0.2) is 4.68 Å². The van der Waals surface area contributed by atoms with E-state index >= 15 is 0 Å². The summed E-state index contributed by atoms with van der Waals surface area (Å²) in [6.07, 6.45) is -2.22. The smallest absolute Gasteiger partial charge is 0.348 e. The molecule has 0 bridgehead atoms. The maximum absolute atomic E-state index is 13.6. The van der Waals surface area contributed by atoms with E-state index in [1.54, 1.807) is 0 Å². The molecule has 3 rings (SSSR count). The molecule has 1 aromatic heterocycles. The van der Waals surface area contributed by atoms with E-state index in [1.165, 1.54) is 24.3 Å². The Morgan fingerprint density at radius 2 is 2.04 bits per heavy atom. The van der Waals surface area contributed by atoms with E-state index in [-0.39, 0.29) is 17.8 Å². The minimum atomic E-state index is -4.74. The average Bonchev–Trinajstić information content (AvgIpc) is 3.03. The summed E-state index contributed by atoms with van der Waals surface area (Å²) >= 11 is 5.78. The van der Waals surface area contributed by atoms with Gasteiger partial charge in [-0.3, -0.25) is 4.79 Å². The van der Waals surface area contributed by atoms with Crippen molar-refractivity contribution in [3.05, 3.63) is 46.7 Å². The molecule has 0 spiro atoms. The van der Waals surface area contributed by atoms with Crippen LogP contribution in [0.2, 0.25) is 5.02 Å². The number of carbonyl (C=O) groups excluding carboxylic acids is 1. The van der Waals surface area contributed by atoms with E-state index in [9.17, 15) is 18.0 Å². The number of hydrogen-bond acceptors (Lipinski definition) is 3. The van der Waals surface area contributed by atoms with Crippen molar-refractivity contribution in [2.45, 2.75) is 38.0 Å². The molecule has 140 valence electrons. The highest BCUT2D eigenvalue weighted by atomic mass is 35.5. The second kappa shape index (κ2) is 7.28. The lowest BCUT2D eigenvalue weighted by Crippen LogP contribution is -2.52. The first-order chi connectivity index (χ1) is 12.3. The molecule has 0 saturated carbocycles. The maximum Gasteiger partial charge on any atom is 0.434 e. The Kier molecular flexibility index (Phi) is 5.24. The van der Waals surface area contributed by atoms with Crippen LogP contribution in [0.4, 0.5) is 13.2 Å². The van der Waals surface area contributed by atoms with Gasteiger partial charge in [0.05, 0.1) is 17.4 Å². The van der Waals surface area contributed by atoms with Crippen molar-refractivity contribution < 1.29 is 18.0 Å². The fourth-order valence-corrected chi connectivity index (χ4v) is 3.18. The number of benzene rings is 1. The summed E-state index contributed by atoms with van der Waals surface area (Å²) in [5.41, 5.74) is -1.42. The minimum absolute atomic E-state index is 0.00616. The predicted octanol–water partition coefficient (Wildman–Crippen LogP) is 3.41. The number of halogens is 4. The molecule has 0 aliphatic carbocycles. The lowest BCUT2D eigenvalue weighted by molar-refractivity contribution is -0.143. The van der Waals surface area contributed by atoms with Gasteiger partial charge in [0.15, 0.2) is 5.69 Å². The molecule has 2 atom stereocenters. The molecular weight excluding hydrogens is 369 g/mol. The third kappa shape index (κ3) is 3.86. The Hall–Kier alpha value is -2.06. The van der Waals surface area contributed by atoms with Crippen LogP contribution in [0.3, 0.4) is 0 Å². The molecule has 1 saturated heterocycles. The molecule has 1 aromatic carbocycles. The van der Waals surface area contributed by atoms with Crippen molar-refractivity contribution in [2.24, 2.45) is 0 Å². The monoisotopic (exact) mass is 386 g/mol. The van der Waals surface area contributed by atoms with E-state index in [2.05, 4.69) is 15.7 Å². The largest absolute Gasteiger partial charge is 0.434 e. The number of aromatic nitrogens is 2. The van der Waals surface area contributed by atoms with Crippen molar-refractivity contribution >= 4 is 17.5 Å². The summed E-state index contributed by atoms with van der Waals surface area (Å²) in [7, 11) is 0. The van der Waals surface area contributed by atoms with Gasteiger partial charge in [-0.05, 0) is 50.6 Å². The lowest BCUT2D eigenvalue weighted by Gasteiger charge is -2.30. The quantitative estimate of drug-likeness (QED) is 0.849. The molecule has 2 N–H and O–H groups in total. The summed E-state index contributed by atoms with van der Waals surface area (Å²) in [5.74, 6) is -0.780. The number of rotatable bonds is 3. The molecule has 1 fully saturated rings. The van der Waals surface area contributed by atoms with Crippen LogP contribution in [0.1, 0.15) is 35.8 Å². The normalized spacial score (nSPS) is 20.8. The summed E-state index contributed by atoms with van der Waals surface area (Å²) in [6.45, 7) is 2.72. The van der Waals surface area contributed by atoms with Crippen LogP contribution < -0.4 is 10.6 Å². The molecule has 9 heteroatoms. The number of alkyl halides is 3. The van der Waals surface area contributed by atoms with Gasteiger partial charge in [0, 0.05) is 17.1 Å². The van der Waals surface area contributed by atoms with Crippen LogP contribution in [0.25, 0.3) is 5.69 Å². The van der Waals surface area contributed by atoms with Crippen molar-refractivity contribution in [1.29, 1.82) is 0 Å². The van der Waals surface area contributed by atoms with Gasteiger partial charge in [0.1, 0.15) is 0 Å². The van der Waals surface area contributed by atoms with E-state index in [4.69, 9.17) is 11.6 Å². The molecule has 26 heavy (non-hydrogen) atoms. The summed E-state index contributed by atoms with van der Waals surface area (Å²) in [5, 5.41) is 10.1. The number of hydrogen-bond donors (Lipinski definition) is 2. The number of amides is 1. The van der Waals surface area contributed by atoms with E-state index in [1.807, 2.05) is 6.92 Å². The van der Waals surface area contributed by atoms with Crippen LogP contribution in [0.5, 0.6) is 0 Å². The van der Waals surface area contributed by atoms with Crippen LogP contribution in [0.15, 0.2) is 30.5 Å². The predicted molar refractivity (Wildman–Crippen MR) is 91.5 cm³/mol. The number of nitrogens with one attached hydrogen (secondary N) is 2. The van der Waals surface area contributed by atoms with Gasteiger partial charge < -0.3 is 10.6 Å².